The Labute approximate surface area is 148 Å². The Kier molecular flexibility index (Phi) is 5.67. The molecule has 1 aromatic heterocycles. The summed E-state index contributed by atoms with van der Waals surface area (Å²) in [5, 5.41) is 9.39. The lowest BCUT2D eigenvalue weighted by Gasteiger charge is -2.21. The molecule has 25 heavy (non-hydrogen) atoms. The van der Waals surface area contributed by atoms with Crippen molar-refractivity contribution in [3.05, 3.63) is 57.5 Å². The Morgan fingerprint density at radius 3 is 2.72 bits per heavy atom. The fourth-order valence-electron chi connectivity index (χ4n) is 3.61. The highest BCUT2D eigenvalue weighted by atomic mass is 16.5. The van der Waals surface area contributed by atoms with E-state index in [1.165, 1.54) is 32.1 Å². The van der Waals surface area contributed by atoms with Crippen molar-refractivity contribution >= 4 is 0 Å². The molecule has 0 atom stereocenters. The van der Waals surface area contributed by atoms with E-state index in [1.54, 1.807) is 0 Å². The lowest BCUT2D eigenvalue weighted by molar-refractivity contribution is 0.0741. The number of aromatic nitrogens is 1. The Balaban J connectivity index is 1.82. The van der Waals surface area contributed by atoms with E-state index in [0.717, 1.165) is 23.4 Å². The van der Waals surface area contributed by atoms with E-state index in [-0.39, 0.29) is 11.1 Å². The highest BCUT2D eigenvalue weighted by Gasteiger charge is 2.16. The van der Waals surface area contributed by atoms with Crippen molar-refractivity contribution in [1.82, 2.24) is 4.98 Å². The molecule has 0 amide bonds. The van der Waals surface area contributed by atoms with Crippen LogP contribution < -0.4 is 5.56 Å². The maximum Gasteiger partial charge on any atom is 0.266 e. The summed E-state index contributed by atoms with van der Waals surface area (Å²) in [6.07, 6.45) is 6.48. The van der Waals surface area contributed by atoms with Gasteiger partial charge in [0.1, 0.15) is 11.6 Å². The molecule has 1 aromatic carbocycles. The number of H-pyrrole nitrogens is 1. The van der Waals surface area contributed by atoms with Gasteiger partial charge in [-0.05, 0) is 42.9 Å². The number of nitrogens with zero attached hydrogens (tertiary/aromatic N) is 1. The van der Waals surface area contributed by atoms with E-state index >= 15 is 0 Å². The molecule has 0 aliphatic heterocycles. The largest absolute Gasteiger partial charge is 0.376 e. The quantitative estimate of drug-likeness (QED) is 0.884. The second-order valence-corrected chi connectivity index (χ2v) is 6.86. The number of hydrogen-bond acceptors (Lipinski definition) is 3. The first-order valence-corrected chi connectivity index (χ1v) is 8.99. The van der Waals surface area contributed by atoms with Crippen LogP contribution in [0.4, 0.5) is 0 Å². The monoisotopic (exact) mass is 336 g/mol. The summed E-state index contributed by atoms with van der Waals surface area (Å²) >= 11 is 0. The van der Waals surface area contributed by atoms with Gasteiger partial charge >= 0.3 is 0 Å². The first-order valence-electron chi connectivity index (χ1n) is 8.99. The zero-order valence-corrected chi connectivity index (χ0v) is 14.7. The molecule has 4 nitrogen and oxygen atoms in total. The van der Waals surface area contributed by atoms with Gasteiger partial charge in [-0.1, -0.05) is 43.5 Å². The summed E-state index contributed by atoms with van der Waals surface area (Å²) in [7, 11) is 0. The van der Waals surface area contributed by atoms with Crippen LogP contribution in [0.5, 0.6) is 0 Å². The standard InChI is InChI=1S/C21H24N2O2/c1-15-11-19(20(12-22)21(24)23-15)18-10-6-5-9-17(18)14-25-13-16-7-3-2-4-8-16/h5-6,9-11,16H,2-4,7-8,13-14H2,1H3,(H,23,24). The normalized spacial score (nSPS) is 15.0. The molecule has 130 valence electrons. The molecule has 1 aliphatic rings. The van der Waals surface area contributed by atoms with E-state index < -0.39 is 0 Å². The van der Waals surface area contributed by atoms with Gasteiger partial charge in [0.2, 0.25) is 0 Å². The van der Waals surface area contributed by atoms with Crippen LogP contribution in [0.3, 0.4) is 0 Å². The van der Waals surface area contributed by atoms with Crippen molar-refractivity contribution in [3.8, 4) is 17.2 Å². The lowest BCUT2D eigenvalue weighted by Crippen LogP contribution is -2.14. The maximum absolute atomic E-state index is 12.1. The van der Waals surface area contributed by atoms with Crippen LogP contribution in [0.2, 0.25) is 0 Å². The van der Waals surface area contributed by atoms with Crippen LogP contribution in [0.15, 0.2) is 35.1 Å². The fourth-order valence-corrected chi connectivity index (χ4v) is 3.61. The summed E-state index contributed by atoms with van der Waals surface area (Å²) in [5.41, 5.74) is 3.16. The zero-order valence-electron chi connectivity index (χ0n) is 14.7. The van der Waals surface area contributed by atoms with Gasteiger partial charge in [0.25, 0.3) is 5.56 Å². The number of ether oxygens (including phenoxy) is 1. The van der Waals surface area contributed by atoms with Crippen LogP contribution in [-0.2, 0) is 11.3 Å². The molecule has 1 fully saturated rings. The van der Waals surface area contributed by atoms with Crippen LogP contribution in [-0.4, -0.2) is 11.6 Å². The number of aromatic amines is 1. The van der Waals surface area contributed by atoms with Crippen molar-refractivity contribution in [1.29, 1.82) is 5.26 Å². The van der Waals surface area contributed by atoms with Gasteiger partial charge in [-0.2, -0.15) is 5.26 Å². The minimum atomic E-state index is -0.338. The molecular formula is C21H24N2O2. The number of pyridine rings is 1. The molecule has 1 N–H and O–H groups in total. The molecule has 1 aliphatic carbocycles. The fraction of sp³-hybridized carbons (Fsp3) is 0.429. The third kappa shape index (κ3) is 4.18. The minimum Gasteiger partial charge on any atom is -0.376 e. The number of rotatable bonds is 5. The number of aryl methyl sites for hydroxylation is 1. The first-order chi connectivity index (χ1) is 12.2. The van der Waals surface area contributed by atoms with Gasteiger partial charge in [0.05, 0.1) is 6.61 Å². The summed E-state index contributed by atoms with van der Waals surface area (Å²) in [4.78, 5) is 14.8. The minimum absolute atomic E-state index is 0.158. The zero-order chi connectivity index (χ0) is 17.6. The molecule has 4 heteroatoms. The molecule has 0 saturated heterocycles. The Bertz CT molecular complexity index is 827. The van der Waals surface area contributed by atoms with E-state index in [0.29, 0.717) is 18.1 Å². The van der Waals surface area contributed by atoms with E-state index in [1.807, 2.05) is 43.3 Å². The average molecular weight is 336 g/mol. The molecular weight excluding hydrogens is 312 g/mol. The lowest BCUT2D eigenvalue weighted by atomic mass is 9.90. The smallest absolute Gasteiger partial charge is 0.266 e. The van der Waals surface area contributed by atoms with Gasteiger partial charge in [0, 0.05) is 17.9 Å². The molecule has 0 spiro atoms. The first kappa shape index (κ1) is 17.4. The van der Waals surface area contributed by atoms with Crippen LogP contribution in [0.25, 0.3) is 11.1 Å². The molecule has 0 bridgehead atoms. The van der Waals surface area contributed by atoms with Crippen LogP contribution in [0, 0.1) is 24.2 Å². The summed E-state index contributed by atoms with van der Waals surface area (Å²) in [6, 6.07) is 11.8. The highest BCUT2D eigenvalue weighted by Crippen LogP contribution is 2.28. The molecule has 0 unspecified atom stereocenters. The SMILES string of the molecule is Cc1cc(-c2ccccc2COCC2CCCCC2)c(C#N)c(=O)[nH]1. The third-order valence-corrected chi connectivity index (χ3v) is 4.92. The number of nitrogens with one attached hydrogen (secondary N) is 1. The molecule has 1 heterocycles. The van der Waals surface area contributed by atoms with Gasteiger partial charge in [0.15, 0.2) is 0 Å². The summed E-state index contributed by atoms with van der Waals surface area (Å²) < 4.78 is 5.99. The van der Waals surface area contributed by atoms with Gasteiger partial charge in [-0.25, -0.2) is 0 Å². The van der Waals surface area contributed by atoms with Gasteiger partial charge < -0.3 is 9.72 Å². The molecule has 1 saturated carbocycles. The number of benzene rings is 1. The predicted molar refractivity (Wildman–Crippen MR) is 98.2 cm³/mol. The second kappa shape index (κ2) is 8.13. The molecule has 3 rings (SSSR count). The van der Waals surface area contributed by atoms with Crippen molar-refractivity contribution in [3.63, 3.8) is 0 Å². The van der Waals surface area contributed by atoms with E-state index in [9.17, 15) is 10.1 Å². The van der Waals surface area contributed by atoms with Crippen molar-refractivity contribution in [2.45, 2.75) is 45.6 Å². The third-order valence-electron chi connectivity index (χ3n) is 4.92. The van der Waals surface area contributed by atoms with E-state index in [4.69, 9.17) is 4.74 Å². The number of hydrogen-bond donors (Lipinski definition) is 1. The van der Waals surface area contributed by atoms with Crippen LogP contribution in [0.1, 0.15) is 48.9 Å². The summed E-state index contributed by atoms with van der Waals surface area (Å²) in [6.45, 7) is 3.12. The number of nitriles is 1. The van der Waals surface area contributed by atoms with Crippen molar-refractivity contribution in [2.24, 2.45) is 5.92 Å². The summed E-state index contributed by atoms with van der Waals surface area (Å²) in [5.74, 6) is 0.664. The van der Waals surface area contributed by atoms with Gasteiger partial charge in [-0.3, -0.25) is 4.79 Å². The second-order valence-electron chi connectivity index (χ2n) is 6.86. The van der Waals surface area contributed by atoms with Crippen molar-refractivity contribution in [2.75, 3.05) is 6.61 Å². The average Bonchev–Trinajstić information content (AvgIpc) is 2.62. The van der Waals surface area contributed by atoms with Crippen LogP contribution >= 0.6 is 0 Å². The highest BCUT2D eigenvalue weighted by molar-refractivity contribution is 5.73. The van der Waals surface area contributed by atoms with Gasteiger partial charge in [-0.15, -0.1) is 0 Å². The van der Waals surface area contributed by atoms with Crippen molar-refractivity contribution < 1.29 is 4.74 Å². The Morgan fingerprint density at radius 1 is 1.20 bits per heavy atom. The topological polar surface area (TPSA) is 65.9 Å². The Morgan fingerprint density at radius 2 is 1.96 bits per heavy atom. The maximum atomic E-state index is 12.1. The van der Waals surface area contributed by atoms with E-state index in [2.05, 4.69) is 4.98 Å². The molecule has 2 aromatic rings. The Hall–Kier alpha value is -2.38. The molecule has 0 radical (unpaired) electrons. The predicted octanol–water partition coefficient (Wildman–Crippen LogP) is 4.32.